The molecule has 0 aromatic heterocycles. The fourth-order valence-corrected chi connectivity index (χ4v) is 2.86. The van der Waals surface area contributed by atoms with E-state index < -0.39 is 10.2 Å². The number of amides is 1. The van der Waals surface area contributed by atoms with Crippen molar-refractivity contribution in [1.82, 2.24) is 9.21 Å². The van der Waals surface area contributed by atoms with Crippen molar-refractivity contribution < 1.29 is 17.9 Å². The van der Waals surface area contributed by atoms with E-state index >= 15 is 0 Å². The van der Waals surface area contributed by atoms with Crippen LogP contribution in [-0.4, -0.2) is 56.3 Å². The lowest BCUT2D eigenvalue weighted by Gasteiger charge is -2.33. The quantitative estimate of drug-likeness (QED) is 0.850. The molecular formula is C13H19N3O4S. The van der Waals surface area contributed by atoms with Gasteiger partial charge in [0.1, 0.15) is 5.75 Å². The van der Waals surface area contributed by atoms with Crippen LogP contribution >= 0.6 is 0 Å². The number of piperazine rings is 1. The average molecular weight is 313 g/mol. The van der Waals surface area contributed by atoms with Gasteiger partial charge in [0.05, 0.1) is 6.61 Å². The van der Waals surface area contributed by atoms with E-state index in [1.807, 2.05) is 6.92 Å². The van der Waals surface area contributed by atoms with Crippen LogP contribution in [0.2, 0.25) is 0 Å². The molecule has 1 aromatic rings. The number of nitrogens with two attached hydrogens (primary N) is 1. The van der Waals surface area contributed by atoms with Gasteiger partial charge in [0.15, 0.2) is 0 Å². The second-order valence-electron chi connectivity index (χ2n) is 4.69. The van der Waals surface area contributed by atoms with Gasteiger partial charge >= 0.3 is 0 Å². The molecule has 1 aliphatic rings. The molecule has 0 bridgehead atoms. The number of benzene rings is 1. The van der Waals surface area contributed by atoms with E-state index in [0.29, 0.717) is 31.0 Å². The zero-order valence-electron chi connectivity index (χ0n) is 11.9. The van der Waals surface area contributed by atoms with E-state index in [9.17, 15) is 13.2 Å². The monoisotopic (exact) mass is 313 g/mol. The molecule has 1 aromatic carbocycles. The first-order valence-corrected chi connectivity index (χ1v) is 8.22. The van der Waals surface area contributed by atoms with Crippen LogP contribution in [0.25, 0.3) is 0 Å². The molecule has 0 spiro atoms. The molecular weight excluding hydrogens is 294 g/mol. The molecule has 1 saturated heterocycles. The second kappa shape index (κ2) is 6.42. The lowest BCUT2D eigenvalue weighted by atomic mass is 10.2. The highest BCUT2D eigenvalue weighted by atomic mass is 32.2. The Hall–Kier alpha value is -1.64. The maximum Gasteiger partial charge on any atom is 0.277 e. The third-order valence-electron chi connectivity index (χ3n) is 3.30. The first kappa shape index (κ1) is 15.7. The van der Waals surface area contributed by atoms with Gasteiger partial charge in [-0.15, -0.1) is 0 Å². The Kier molecular flexibility index (Phi) is 4.81. The summed E-state index contributed by atoms with van der Waals surface area (Å²) in [7, 11) is -3.67. The lowest BCUT2D eigenvalue weighted by Crippen LogP contribution is -2.52. The van der Waals surface area contributed by atoms with E-state index in [2.05, 4.69) is 0 Å². The van der Waals surface area contributed by atoms with Gasteiger partial charge in [0.25, 0.3) is 16.1 Å². The molecule has 21 heavy (non-hydrogen) atoms. The standard InChI is InChI=1S/C13H19N3O4S/c1-2-20-12-5-3-11(4-6-12)13(17)15-7-9-16(10-8-15)21(14,18)19/h3-6H,2,7-10H2,1H3,(H2,14,18,19). The highest BCUT2D eigenvalue weighted by molar-refractivity contribution is 7.86. The fraction of sp³-hybridized carbons (Fsp3) is 0.462. The van der Waals surface area contributed by atoms with Crippen LogP contribution in [0.1, 0.15) is 17.3 Å². The summed E-state index contributed by atoms with van der Waals surface area (Å²) in [5, 5.41) is 5.07. The van der Waals surface area contributed by atoms with Crippen LogP contribution in [0, 0.1) is 0 Å². The predicted octanol–water partition coefficient (Wildman–Crippen LogP) is 0.0466. The zero-order valence-corrected chi connectivity index (χ0v) is 12.7. The normalized spacial score (nSPS) is 16.8. The third kappa shape index (κ3) is 3.93. The molecule has 1 amide bonds. The Morgan fingerprint density at radius 1 is 1.19 bits per heavy atom. The molecule has 8 heteroatoms. The van der Waals surface area contributed by atoms with E-state index in [1.165, 1.54) is 4.31 Å². The van der Waals surface area contributed by atoms with Gasteiger partial charge in [-0.25, -0.2) is 5.14 Å². The van der Waals surface area contributed by atoms with Crippen molar-refractivity contribution in [2.45, 2.75) is 6.92 Å². The summed E-state index contributed by atoms with van der Waals surface area (Å²) < 4.78 is 28.9. The number of hydrogen-bond acceptors (Lipinski definition) is 4. The van der Waals surface area contributed by atoms with E-state index in [0.717, 1.165) is 0 Å². The maximum absolute atomic E-state index is 12.3. The largest absolute Gasteiger partial charge is 0.494 e. The van der Waals surface area contributed by atoms with E-state index in [-0.39, 0.29) is 19.0 Å². The first-order valence-electron chi connectivity index (χ1n) is 6.72. The number of carbonyl (C=O) groups is 1. The SMILES string of the molecule is CCOc1ccc(C(=O)N2CCN(S(N)(=O)=O)CC2)cc1. The smallest absolute Gasteiger partial charge is 0.277 e. The summed E-state index contributed by atoms with van der Waals surface area (Å²) in [4.78, 5) is 13.9. The maximum atomic E-state index is 12.3. The molecule has 1 aliphatic heterocycles. The Balaban J connectivity index is 1.98. The van der Waals surface area contributed by atoms with Gasteiger partial charge in [-0.05, 0) is 31.2 Å². The van der Waals surface area contributed by atoms with Crippen molar-refractivity contribution in [1.29, 1.82) is 0 Å². The Morgan fingerprint density at radius 3 is 2.24 bits per heavy atom. The summed E-state index contributed by atoms with van der Waals surface area (Å²) in [6.07, 6.45) is 0. The van der Waals surface area contributed by atoms with Gasteiger partial charge in [-0.2, -0.15) is 12.7 Å². The molecule has 0 aliphatic carbocycles. The summed E-state index contributed by atoms with van der Waals surface area (Å²) in [5.74, 6) is 0.597. The molecule has 0 saturated carbocycles. The summed E-state index contributed by atoms with van der Waals surface area (Å²) >= 11 is 0. The van der Waals surface area contributed by atoms with Gasteiger partial charge in [-0.3, -0.25) is 4.79 Å². The predicted molar refractivity (Wildman–Crippen MR) is 78.2 cm³/mol. The number of ether oxygens (including phenoxy) is 1. The number of rotatable bonds is 4. The minimum Gasteiger partial charge on any atom is -0.494 e. The lowest BCUT2D eigenvalue weighted by molar-refractivity contribution is 0.0698. The number of carbonyl (C=O) groups excluding carboxylic acids is 1. The van der Waals surface area contributed by atoms with Crippen LogP contribution in [0.5, 0.6) is 5.75 Å². The van der Waals surface area contributed by atoms with Crippen LogP contribution in [0.4, 0.5) is 0 Å². The summed E-state index contributed by atoms with van der Waals surface area (Å²) in [6.45, 7) is 3.58. The Bertz CT molecular complexity index is 592. The van der Waals surface area contributed by atoms with Gasteiger partial charge in [0, 0.05) is 31.7 Å². The van der Waals surface area contributed by atoms with Crippen LogP contribution in [-0.2, 0) is 10.2 Å². The summed E-state index contributed by atoms with van der Waals surface area (Å²) in [5.41, 5.74) is 0.558. The Labute approximate surface area is 124 Å². The highest BCUT2D eigenvalue weighted by Crippen LogP contribution is 2.15. The molecule has 0 radical (unpaired) electrons. The van der Waals surface area contributed by atoms with Crippen LogP contribution in [0.3, 0.4) is 0 Å². The van der Waals surface area contributed by atoms with Gasteiger partial charge in [-0.1, -0.05) is 0 Å². The minimum atomic E-state index is -3.67. The highest BCUT2D eigenvalue weighted by Gasteiger charge is 2.26. The molecule has 1 heterocycles. The molecule has 0 atom stereocenters. The topological polar surface area (TPSA) is 92.9 Å². The summed E-state index contributed by atoms with van der Waals surface area (Å²) in [6, 6.07) is 6.91. The average Bonchev–Trinajstić information content (AvgIpc) is 2.47. The molecule has 7 nitrogen and oxygen atoms in total. The fourth-order valence-electron chi connectivity index (χ4n) is 2.19. The van der Waals surface area contributed by atoms with Gasteiger partial charge in [0.2, 0.25) is 0 Å². The second-order valence-corrected chi connectivity index (χ2v) is 6.24. The number of hydrogen-bond donors (Lipinski definition) is 1. The van der Waals surface area contributed by atoms with Crippen molar-refractivity contribution in [3.8, 4) is 5.75 Å². The first-order chi connectivity index (χ1) is 9.91. The van der Waals surface area contributed by atoms with Crippen LogP contribution in [0.15, 0.2) is 24.3 Å². The van der Waals surface area contributed by atoms with E-state index in [1.54, 1.807) is 29.2 Å². The van der Waals surface area contributed by atoms with Gasteiger partial charge < -0.3 is 9.64 Å². The molecule has 2 rings (SSSR count). The van der Waals surface area contributed by atoms with Crippen molar-refractivity contribution in [2.24, 2.45) is 5.14 Å². The zero-order chi connectivity index (χ0) is 15.5. The molecule has 2 N–H and O–H groups in total. The molecule has 1 fully saturated rings. The minimum absolute atomic E-state index is 0.118. The van der Waals surface area contributed by atoms with E-state index in [4.69, 9.17) is 9.88 Å². The van der Waals surface area contributed by atoms with Crippen LogP contribution < -0.4 is 9.88 Å². The van der Waals surface area contributed by atoms with Crippen molar-refractivity contribution in [3.05, 3.63) is 29.8 Å². The Morgan fingerprint density at radius 2 is 1.76 bits per heavy atom. The molecule has 116 valence electrons. The third-order valence-corrected chi connectivity index (χ3v) is 4.38. The number of nitrogens with zero attached hydrogens (tertiary/aromatic N) is 2. The van der Waals surface area contributed by atoms with Crippen molar-refractivity contribution in [2.75, 3.05) is 32.8 Å². The van der Waals surface area contributed by atoms with Crippen molar-refractivity contribution in [3.63, 3.8) is 0 Å². The van der Waals surface area contributed by atoms with Crippen molar-refractivity contribution >= 4 is 16.1 Å². The molecule has 0 unspecified atom stereocenters.